The Morgan fingerprint density at radius 1 is 1.12 bits per heavy atom. The van der Waals surface area contributed by atoms with E-state index in [9.17, 15) is 14.4 Å². The smallest absolute Gasteiger partial charge is 0.251 e. The molecular weight excluding hydrogens is 436 g/mol. The fraction of sp³-hybridized carbons (Fsp3) is 0.625. The van der Waals surface area contributed by atoms with Crippen molar-refractivity contribution in [3.63, 3.8) is 0 Å². The van der Waals surface area contributed by atoms with Crippen LogP contribution in [0.3, 0.4) is 0 Å². The molecule has 3 amide bonds. The topological polar surface area (TPSA) is 129 Å². The van der Waals surface area contributed by atoms with E-state index in [4.69, 9.17) is 4.63 Å². The number of carbonyl (C=O) groups is 3. The number of nitrogens with zero attached hydrogens (tertiary/aromatic N) is 3. The molecule has 0 bridgehead atoms. The summed E-state index contributed by atoms with van der Waals surface area (Å²) in [4.78, 5) is 41.3. The lowest BCUT2D eigenvalue weighted by molar-refractivity contribution is -0.141. The van der Waals surface area contributed by atoms with Crippen LogP contribution in [0.2, 0.25) is 0 Å². The summed E-state index contributed by atoms with van der Waals surface area (Å²) in [7, 11) is 1.71. The van der Waals surface area contributed by atoms with Crippen LogP contribution in [0.4, 0.5) is 0 Å². The first-order valence-electron chi connectivity index (χ1n) is 11.9. The summed E-state index contributed by atoms with van der Waals surface area (Å²) >= 11 is 0. The number of carbonyl (C=O) groups excluding carboxylic acids is 3. The van der Waals surface area contributed by atoms with Gasteiger partial charge in [-0.25, -0.2) is 4.63 Å². The number of aromatic nitrogens is 2. The minimum Gasteiger partial charge on any atom is -0.347 e. The molecule has 184 valence electrons. The van der Waals surface area contributed by atoms with Crippen LogP contribution < -0.4 is 16.0 Å². The highest BCUT2D eigenvalue weighted by Crippen LogP contribution is 2.39. The maximum Gasteiger partial charge on any atom is 0.251 e. The summed E-state index contributed by atoms with van der Waals surface area (Å²) in [5.41, 5.74) is 1.13. The van der Waals surface area contributed by atoms with Gasteiger partial charge in [0.2, 0.25) is 11.8 Å². The number of likely N-dealkylation sites (tertiary alicyclic amines) is 1. The molecule has 10 nitrogen and oxygen atoms in total. The molecular formula is C24H34N6O4. The fourth-order valence-corrected chi connectivity index (χ4v) is 5.11. The fourth-order valence-electron chi connectivity index (χ4n) is 5.11. The Bertz CT molecular complexity index is 1080. The van der Waals surface area contributed by atoms with Gasteiger partial charge in [-0.05, 0) is 73.1 Å². The van der Waals surface area contributed by atoms with Crippen molar-refractivity contribution in [2.75, 3.05) is 13.6 Å². The average Bonchev–Trinajstić information content (AvgIpc) is 3.52. The van der Waals surface area contributed by atoms with Gasteiger partial charge in [0, 0.05) is 18.2 Å². The number of fused-ring (bicyclic) bond motifs is 2. The van der Waals surface area contributed by atoms with Crippen molar-refractivity contribution >= 4 is 28.8 Å². The lowest BCUT2D eigenvalue weighted by atomic mass is 9.85. The monoisotopic (exact) mass is 470 g/mol. The average molecular weight is 471 g/mol. The predicted octanol–water partition coefficient (Wildman–Crippen LogP) is 1.47. The number of amides is 3. The van der Waals surface area contributed by atoms with Gasteiger partial charge < -0.3 is 20.9 Å². The first-order valence-corrected chi connectivity index (χ1v) is 11.9. The van der Waals surface area contributed by atoms with E-state index in [-0.39, 0.29) is 29.8 Å². The van der Waals surface area contributed by atoms with Gasteiger partial charge in [0.15, 0.2) is 0 Å². The Kier molecular flexibility index (Phi) is 6.62. The molecule has 2 fully saturated rings. The van der Waals surface area contributed by atoms with Crippen LogP contribution in [0.1, 0.15) is 57.3 Å². The molecule has 1 saturated carbocycles. The molecule has 2 aliphatic rings. The molecule has 3 N–H and O–H groups in total. The largest absolute Gasteiger partial charge is 0.347 e. The van der Waals surface area contributed by atoms with Crippen LogP contribution in [0, 0.1) is 11.3 Å². The zero-order valence-corrected chi connectivity index (χ0v) is 20.4. The molecule has 1 aliphatic heterocycles. The zero-order chi connectivity index (χ0) is 24.6. The minimum absolute atomic E-state index is 0.0858. The maximum absolute atomic E-state index is 13.8. The third-order valence-electron chi connectivity index (χ3n) is 7.19. The Labute approximate surface area is 199 Å². The zero-order valence-electron chi connectivity index (χ0n) is 20.4. The number of likely N-dealkylation sites (N-methyl/N-ethyl adjacent to an activating group) is 1. The van der Waals surface area contributed by atoms with Gasteiger partial charge in [-0.3, -0.25) is 14.4 Å². The number of benzene rings is 1. The highest BCUT2D eigenvalue weighted by Gasteiger charge is 2.49. The van der Waals surface area contributed by atoms with Crippen molar-refractivity contribution in [1.82, 2.24) is 31.2 Å². The second-order valence-electron chi connectivity index (χ2n) is 10.5. The molecule has 2 heterocycles. The van der Waals surface area contributed by atoms with Crippen LogP contribution in [-0.2, 0) is 9.59 Å². The summed E-state index contributed by atoms with van der Waals surface area (Å²) in [5, 5.41) is 16.6. The van der Waals surface area contributed by atoms with Crippen molar-refractivity contribution in [3.05, 3.63) is 23.8 Å². The first kappa shape index (κ1) is 24.1. The third kappa shape index (κ3) is 4.64. The minimum atomic E-state index is -0.659. The van der Waals surface area contributed by atoms with Gasteiger partial charge in [-0.2, -0.15) is 0 Å². The van der Waals surface area contributed by atoms with Crippen molar-refractivity contribution in [1.29, 1.82) is 0 Å². The standard InChI is InChI=1S/C24H34N6O4/c1-13(25-5)21(31)27-20(24(2,3)4)23(33)30-11-10-14-6-9-17(19(14)30)26-22(32)15-7-8-16-18(12-15)29-34-28-16/h7-8,12-14,17,19-20,25H,6,9-11H2,1-5H3,(H,26,32)(H,27,31)/t13-,14+,17-,19-,20?/m0/s1. The Hall–Kier alpha value is -3.01. The maximum atomic E-state index is 13.8. The van der Waals surface area contributed by atoms with Crippen LogP contribution in [0.15, 0.2) is 22.8 Å². The molecule has 1 unspecified atom stereocenters. The summed E-state index contributed by atoms with van der Waals surface area (Å²) in [6.45, 7) is 8.25. The lowest BCUT2D eigenvalue weighted by Gasteiger charge is -2.37. The molecule has 1 aromatic heterocycles. The van der Waals surface area contributed by atoms with Gasteiger partial charge in [-0.1, -0.05) is 20.8 Å². The van der Waals surface area contributed by atoms with E-state index in [1.54, 1.807) is 32.2 Å². The molecule has 1 aliphatic carbocycles. The summed E-state index contributed by atoms with van der Waals surface area (Å²) < 4.78 is 4.72. The van der Waals surface area contributed by atoms with Crippen LogP contribution in [0.5, 0.6) is 0 Å². The number of rotatable bonds is 6. The molecule has 34 heavy (non-hydrogen) atoms. The van der Waals surface area contributed by atoms with E-state index >= 15 is 0 Å². The Morgan fingerprint density at radius 3 is 2.56 bits per heavy atom. The SMILES string of the molecule is CN[C@@H](C)C(=O)NC(C(=O)N1CC[C@H]2CC[C@H](NC(=O)c3ccc4nonc4c3)[C@H]21)C(C)(C)C. The summed E-state index contributed by atoms with van der Waals surface area (Å²) in [6, 6.07) is 3.75. The van der Waals surface area contributed by atoms with Gasteiger partial charge >= 0.3 is 0 Å². The number of hydrogen-bond acceptors (Lipinski definition) is 7. The molecule has 0 spiro atoms. The normalized spacial score (nSPS) is 24.0. The van der Waals surface area contributed by atoms with Gasteiger partial charge in [0.1, 0.15) is 17.1 Å². The van der Waals surface area contributed by atoms with E-state index in [1.807, 2.05) is 25.7 Å². The quantitative estimate of drug-likeness (QED) is 0.583. The van der Waals surface area contributed by atoms with Gasteiger partial charge in [-0.15, -0.1) is 0 Å². The molecule has 2 aromatic rings. The molecule has 1 saturated heterocycles. The van der Waals surface area contributed by atoms with Crippen LogP contribution >= 0.6 is 0 Å². The van der Waals surface area contributed by atoms with Crippen LogP contribution in [-0.4, -0.2) is 70.7 Å². The van der Waals surface area contributed by atoms with Crippen molar-refractivity contribution < 1.29 is 19.0 Å². The van der Waals surface area contributed by atoms with E-state index in [0.29, 0.717) is 29.1 Å². The summed E-state index contributed by atoms with van der Waals surface area (Å²) in [6.07, 6.45) is 2.66. The van der Waals surface area contributed by atoms with E-state index in [2.05, 4.69) is 26.3 Å². The molecule has 10 heteroatoms. The third-order valence-corrected chi connectivity index (χ3v) is 7.19. The van der Waals surface area contributed by atoms with Crippen molar-refractivity contribution in [2.24, 2.45) is 11.3 Å². The van der Waals surface area contributed by atoms with Gasteiger partial charge in [0.05, 0.1) is 12.1 Å². The van der Waals surface area contributed by atoms with E-state index in [0.717, 1.165) is 19.3 Å². The molecule has 4 rings (SSSR count). The predicted molar refractivity (Wildman–Crippen MR) is 126 cm³/mol. The first-order chi connectivity index (χ1) is 16.1. The molecule has 1 aromatic carbocycles. The lowest BCUT2D eigenvalue weighted by Crippen LogP contribution is -2.60. The second kappa shape index (κ2) is 9.32. The highest BCUT2D eigenvalue weighted by molar-refractivity contribution is 5.97. The van der Waals surface area contributed by atoms with E-state index in [1.165, 1.54) is 0 Å². The summed E-state index contributed by atoms with van der Waals surface area (Å²) in [5.74, 6) is -0.171. The van der Waals surface area contributed by atoms with Crippen LogP contribution in [0.25, 0.3) is 11.0 Å². The highest BCUT2D eigenvalue weighted by atomic mass is 16.6. The molecule has 0 radical (unpaired) electrons. The second-order valence-corrected chi connectivity index (χ2v) is 10.5. The number of hydrogen-bond donors (Lipinski definition) is 3. The van der Waals surface area contributed by atoms with Crippen molar-refractivity contribution in [3.8, 4) is 0 Å². The van der Waals surface area contributed by atoms with Gasteiger partial charge in [0.25, 0.3) is 5.91 Å². The van der Waals surface area contributed by atoms with Crippen molar-refractivity contribution in [2.45, 2.75) is 71.1 Å². The Morgan fingerprint density at radius 2 is 1.85 bits per heavy atom. The Balaban J connectivity index is 1.50. The molecule has 5 atom stereocenters. The number of nitrogens with one attached hydrogen (secondary N) is 3. The van der Waals surface area contributed by atoms with E-state index < -0.39 is 17.5 Å².